The fraction of sp³-hybridized carbons (Fsp3) is 0.214. The number of hydrogen-bond donors (Lipinski definition) is 1. The SMILES string of the molecule is COc1cc(NCc2cccc(Br)n2)c(OC)cc1Cl. The molecule has 0 aliphatic rings. The van der Waals surface area contributed by atoms with Crippen molar-refractivity contribution in [3.63, 3.8) is 0 Å². The Morgan fingerprint density at radius 1 is 1.20 bits per heavy atom. The minimum Gasteiger partial charge on any atom is -0.495 e. The van der Waals surface area contributed by atoms with Crippen LogP contribution in [0.25, 0.3) is 0 Å². The Morgan fingerprint density at radius 2 is 1.95 bits per heavy atom. The summed E-state index contributed by atoms with van der Waals surface area (Å²) >= 11 is 9.41. The molecule has 1 heterocycles. The number of rotatable bonds is 5. The lowest BCUT2D eigenvalue weighted by molar-refractivity contribution is 0.404. The molecule has 106 valence electrons. The highest BCUT2D eigenvalue weighted by Gasteiger charge is 2.09. The number of anilines is 1. The van der Waals surface area contributed by atoms with Gasteiger partial charge in [-0.2, -0.15) is 0 Å². The molecule has 0 fully saturated rings. The van der Waals surface area contributed by atoms with Crippen LogP contribution in [0, 0.1) is 0 Å². The maximum Gasteiger partial charge on any atom is 0.143 e. The molecule has 1 N–H and O–H groups in total. The van der Waals surface area contributed by atoms with Gasteiger partial charge < -0.3 is 14.8 Å². The maximum atomic E-state index is 6.07. The Bertz CT molecular complexity index is 608. The van der Waals surface area contributed by atoms with E-state index in [-0.39, 0.29) is 0 Å². The zero-order valence-electron chi connectivity index (χ0n) is 11.1. The number of hydrogen-bond acceptors (Lipinski definition) is 4. The monoisotopic (exact) mass is 356 g/mol. The molecule has 2 aromatic rings. The third-order valence-corrected chi connectivity index (χ3v) is 3.44. The zero-order chi connectivity index (χ0) is 14.5. The van der Waals surface area contributed by atoms with Gasteiger partial charge in [0.1, 0.15) is 16.1 Å². The van der Waals surface area contributed by atoms with Crippen LogP contribution in [0.2, 0.25) is 5.02 Å². The summed E-state index contributed by atoms with van der Waals surface area (Å²) in [6, 6.07) is 9.29. The van der Waals surface area contributed by atoms with Crippen LogP contribution in [0.3, 0.4) is 0 Å². The Labute approximate surface area is 131 Å². The van der Waals surface area contributed by atoms with Crippen LogP contribution >= 0.6 is 27.5 Å². The number of benzene rings is 1. The van der Waals surface area contributed by atoms with Crippen LogP contribution in [-0.4, -0.2) is 19.2 Å². The highest BCUT2D eigenvalue weighted by molar-refractivity contribution is 9.10. The van der Waals surface area contributed by atoms with Crippen molar-refractivity contribution in [2.45, 2.75) is 6.54 Å². The molecule has 1 aromatic heterocycles. The summed E-state index contributed by atoms with van der Waals surface area (Å²) in [7, 11) is 3.17. The van der Waals surface area contributed by atoms with Gasteiger partial charge >= 0.3 is 0 Å². The first-order valence-electron chi connectivity index (χ1n) is 5.91. The van der Waals surface area contributed by atoms with E-state index >= 15 is 0 Å². The van der Waals surface area contributed by atoms with Gasteiger partial charge in [0.05, 0.1) is 37.2 Å². The second kappa shape index (κ2) is 6.81. The molecule has 2 rings (SSSR count). The average molecular weight is 358 g/mol. The van der Waals surface area contributed by atoms with E-state index < -0.39 is 0 Å². The molecule has 0 bridgehead atoms. The minimum atomic E-state index is 0.510. The van der Waals surface area contributed by atoms with Crippen molar-refractivity contribution in [1.29, 1.82) is 0 Å². The molecular formula is C14H14BrClN2O2. The number of nitrogens with zero attached hydrogens (tertiary/aromatic N) is 1. The summed E-state index contributed by atoms with van der Waals surface area (Å²) in [5, 5.41) is 3.77. The Kier molecular flexibility index (Phi) is 5.09. The van der Waals surface area contributed by atoms with Crippen molar-refractivity contribution in [2.24, 2.45) is 0 Å². The van der Waals surface area contributed by atoms with Gasteiger partial charge in [-0.3, -0.25) is 0 Å². The molecule has 1 aromatic carbocycles. The lowest BCUT2D eigenvalue weighted by Gasteiger charge is -2.13. The van der Waals surface area contributed by atoms with Crippen molar-refractivity contribution in [3.05, 3.63) is 45.7 Å². The van der Waals surface area contributed by atoms with E-state index in [2.05, 4.69) is 26.2 Å². The summed E-state index contributed by atoms with van der Waals surface area (Å²) < 4.78 is 11.3. The third-order valence-electron chi connectivity index (χ3n) is 2.71. The zero-order valence-corrected chi connectivity index (χ0v) is 13.5. The van der Waals surface area contributed by atoms with Gasteiger partial charge in [-0.15, -0.1) is 0 Å². The first-order valence-corrected chi connectivity index (χ1v) is 7.08. The Hall–Kier alpha value is -1.46. The quantitative estimate of drug-likeness (QED) is 0.817. The van der Waals surface area contributed by atoms with E-state index in [1.807, 2.05) is 18.2 Å². The largest absolute Gasteiger partial charge is 0.495 e. The molecule has 0 saturated heterocycles. The normalized spacial score (nSPS) is 10.2. The first kappa shape index (κ1) is 14.9. The van der Waals surface area contributed by atoms with Crippen molar-refractivity contribution < 1.29 is 9.47 Å². The molecule has 0 radical (unpaired) electrons. The van der Waals surface area contributed by atoms with Gasteiger partial charge in [0.2, 0.25) is 0 Å². The van der Waals surface area contributed by atoms with Crippen molar-refractivity contribution >= 4 is 33.2 Å². The van der Waals surface area contributed by atoms with Crippen molar-refractivity contribution in [3.8, 4) is 11.5 Å². The molecule has 0 unspecified atom stereocenters. The number of aromatic nitrogens is 1. The summed E-state index contributed by atoms with van der Waals surface area (Å²) in [4.78, 5) is 4.36. The van der Waals surface area contributed by atoms with E-state index in [1.165, 1.54) is 0 Å². The van der Waals surface area contributed by atoms with Crippen LogP contribution in [0.4, 0.5) is 5.69 Å². The number of nitrogens with one attached hydrogen (secondary N) is 1. The van der Waals surface area contributed by atoms with E-state index in [0.717, 1.165) is 16.0 Å². The molecule has 0 aliphatic carbocycles. The molecule has 4 nitrogen and oxygen atoms in total. The Morgan fingerprint density at radius 3 is 2.60 bits per heavy atom. The molecule has 20 heavy (non-hydrogen) atoms. The molecule has 0 aliphatic heterocycles. The fourth-order valence-corrected chi connectivity index (χ4v) is 2.34. The van der Waals surface area contributed by atoms with Gasteiger partial charge in [-0.25, -0.2) is 4.98 Å². The predicted octanol–water partition coefficient (Wildman–Crippen LogP) is 4.13. The van der Waals surface area contributed by atoms with E-state index in [0.29, 0.717) is 23.1 Å². The van der Waals surface area contributed by atoms with Gasteiger partial charge in [0.25, 0.3) is 0 Å². The van der Waals surface area contributed by atoms with Crippen LogP contribution in [0.1, 0.15) is 5.69 Å². The summed E-state index contributed by atoms with van der Waals surface area (Å²) in [6.45, 7) is 0.570. The second-order valence-corrected chi connectivity index (χ2v) is 5.21. The summed E-state index contributed by atoms with van der Waals surface area (Å²) in [5.74, 6) is 1.25. The van der Waals surface area contributed by atoms with Crippen LogP contribution < -0.4 is 14.8 Å². The van der Waals surface area contributed by atoms with Gasteiger partial charge in [-0.1, -0.05) is 17.7 Å². The highest BCUT2D eigenvalue weighted by Crippen LogP contribution is 2.35. The predicted molar refractivity (Wildman–Crippen MR) is 83.8 cm³/mol. The van der Waals surface area contributed by atoms with E-state index in [9.17, 15) is 0 Å². The van der Waals surface area contributed by atoms with Crippen LogP contribution in [0.15, 0.2) is 34.9 Å². The van der Waals surface area contributed by atoms with Crippen molar-refractivity contribution in [2.75, 3.05) is 19.5 Å². The van der Waals surface area contributed by atoms with Gasteiger partial charge in [-0.05, 0) is 28.1 Å². The highest BCUT2D eigenvalue weighted by atomic mass is 79.9. The van der Waals surface area contributed by atoms with Gasteiger partial charge in [0, 0.05) is 12.1 Å². The molecule has 0 saturated carbocycles. The second-order valence-electron chi connectivity index (χ2n) is 3.99. The molecule has 0 amide bonds. The summed E-state index contributed by atoms with van der Waals surface area (Å²) in [6.07, 6.45) is 0. The van der Waals surface area contributed by atoms with E-state index in [4.69, 9.17) is 21.1 Å². The van der Waals surface area contributed by atoms with E-state index in [1.54, 1.807) is 26.4 Å². The topological polar surface area (TPSA) is 43.4 Å². The number of halogens is 2. The lowest BCUT2D eigenvalue weighted by Crippen LogP contribution is -2.03. The Balaban J connectivity index is 2.20. The maximum absolute atomic E-state index is 6.07. The summed E-state index contributed by atoms with van der Waals surface area (Å²) in [5.41, 5.74) is 1.71. The van der Waals surface area contributed by atoms with Crippen LogP contribution in [0.5, 0.6) is 11.5 Å². The van der Waals surface area contributed by atoms with Gasteiger partial charge in [0.15, 0.2) is 0 Å². The van der Waals surface area contributed by atoms with Crippen molar-refractivity contribution in [1.82, 2.24) is 4.98 Å². The fourth-order valence-electron chi connectivity index (χ4n) is 1.73. The number of methoxy groups -OCH3 is 2. The third kappa shape index (κ3) is 3.55. The molecule has 0 atom stereocenters. The molecule has 6 heteroatoms. The standard InChI is InChI=1S/C14H14BrClN2O2/c1-19-12-7-11(13(20-2)6-10(12)16)17-8-9-4-3-5-14(15)18-9/h3-7,17H,8H2,1-2H3. The number of pyridine rings is 1. The van der Waals surface area contributed by atoms with Crippen LogP contribution in [-0.2, 0) is 6.54 Å². The number of ether oxygens (including phenoxy) is 2. The lowest BCUT2D eigenvalue weighted by atomic mass is 10.2. The molecular weight excluding hydrogens is 344 g/mol. The first-order chi connectivity index (χ1) is 9.63. The smallest absolute Gasteiger partial charge is 0.143 e. The average Bonchev–Trinajstić information content (AvgIpc) is 2.45. The minimum absolute atomic E-state index is 0.510. The molecule has 0 spiro atoms.